The Bertz CT molecular complexity index is 357. The molecule has 1 aromatic rings. The Hall–Kier alpha value is -1.00. The largest absolute Gasteiger partial charge is 0.377 e. The first-order valence-electron chi connectivity index (χ1n) is 5.97. The van der Waals surface area contributed by atoms with Gasteiger partial charge in [-0.2, -0.15) is 0 Å². The Labute approximate surface area is 100.0 Å². The fourth-order valence-electron chi connectivity index (χ4n) is 2.14. The molecule has 0 bridgehead atoms. The van der Waals surface area contributed by atoms with Crippen molar-refractivity contribution in [1.82, 2.24) is 5.32 Å². The summed E-state index contributed by atoms with van der Waals surface area (Å²) < 4.78 is 32.4. The van der Waals surface area contributed by atoms with Crippen molar-refractivity contribution < 1.29 is 13.5 Å². The van der Waals surface area contributed by atoms with E-state index in [1.54, 1.807) is 6.92 Å². The summed E-state index contributed by atoms with van der Waals surface area (Å²) in [5, 5.41) is 3.12. The quantitative estimate of drug-likeness (QED) is 0.875. The van der Waals surface area contributed by atoms with E-state index >= 15 is 0 Å². The van der Waals surface area contributed by atoms with Crippen LogP contribution < -0.4 is 5.32 Å². The van der Waals surface area contributed by atoms with Gasteiger partial charge in [-0.25, -0.2) is 8.78 Å². The van der Waals surface area contributed by atoms with E-state index in [0.29, 0.717) is 6.54 Å². The fraction of sp³-hybridized carbons (Fsp3) is 0.538. The molecular formula is C13H17F2NO. The highest BCUT2D eigenvalue weighted by Gasteiger charge is 2.19. The Balaban J connectivity index is 1.96. The number of nitrogens with one attached hydrogen (secondary N) is 1. The van der Waals surface area contributed by atoms with E-state index in [4.69, 9.17) is 4.74 Å². The van der Waals surface area contributed by atoms with Crippen LogP contribution in [-0.4, -0.2) is 19.3 Å². The van der Waals surface area contributed by atoms with Crippen molar-refractivity contribution in [3.63, 3.8) is 0 Å². The van der Waals surface area contributed by atoms with Gasteiger partial charge in [0.1, 0.15) is 11.6 Å². The SMILES string of the molecule is CC(NCC1CCCO1)c1c(F)cccc1F. The number of hydrogen-bond donors (Lipinski definition) is 1. The second-order valence-electron chi connectivity index (χ2n) is 4.40. The van der Waals surface area contributed by atoms with Gasteiger partial charge in [0.2, 0.25) is 0 Å². The third-order valence-corrected chi connectivity index (χ3v) is 3.11. The highest BCUT2D eigenvalue weighted by molar-refractivity contribution is 5.22. The lowest BCUT2D eigenvalue weighted by Gasteiger charge is -2.18. The molecule has 1 heterocycles. The van der Waals surface area contributed by atoms with E-state index in [2.05, 4.69) is 5.32 Å². The molecule has 2 rings (SSSR count). The first-order valence-corrected chi connectivity index (χ1v) is 5.97. The summed E-state index contributed by atoms with van der Waals surface area (Å²) >= 11 is 0. The average Bonchev–Trinajstić information content (AvgIpc) is 2.79. The van der Waals surface area contributed by atoms with E-state index < -0.39 is 11.6 Å². The van der Waals surface area contributed by atoms with Crippen LogP contribution in [0.2, 0.25) is 0 Å². The van der Waals surface area contributed by atoms with Gasteiger partial charge in [-0.1, -0.05) is 6.07 Å². The highest BCUT2D eigenvalue weighted by Crippen LogP contribution is 2.21. The predicted octanol–water partition coefficient (Wildman–Crippen LogP) is 2.79. The summed E-state index contributed by atoms with van der Waals surface area (Å²) in [6, 6.07) is 3.59. The maximum absolute atomic E-state index is 13.5. The van der Waals surface area contributed by atoms with Crippen molar-refractivity contribution in [3.8, 4) is 0 Å². The molecule has 0 spiro atoms. The second-order valence-corrected chi connectivity index (χ2v) is 4.40. The molecule has 1 aliphatic heterocycles. The van der Waals surface area contributed by atoms with Crippen molar-refractivity contribution in [2.75, 3.05) is 13.2 Å². The monoisotopic (exact) mass is 241 g/mol. The van der Waals surface area contributed by atoms with Gasteiger partial charge in [0.15, 0.2) is 0 Å². The van der Waals surface area contributed by atoms with Crippen LogP contribution in [0.4, 0.5) is 8.78 Å². The average molecular weight is 241 g/mol. The number of halogens is 2. The van der Waals surface area contributed by atoms with E-state index in [1.807, 2.05) is 0 Å². The number of hydrogen-bond acceptors (Lipinski definition) is 2. The maximum Gasteiger partial charge on any atom is 0.130 e. The van der Waals surface area contributed by atoms with Gasteiger partial charge >= 0.3 is 0 Å². The van der Waals surface area contributed by atoms with E-state index in [0.717, 1.165) is 19.4 Å². The molecule has 1 fully saturated rings. The third kappa shape index (κ3) is 3.01. The second kappa shape index (κ2) is 5.56. The maximum atomic E-state index is 13.5. The van der Waals surface area contributed by atoms with Crippen LogP contribution in [0, 0.1) is 11.6 Å². The fourth-order valence-corrected chi connectivity index (χ4v) is 2.14. The zero-order valence-electron chi connectivity index (χ0n) is 9.88. The first-order chi connectivity index (χ1) is 8.18. The minimum atomic E-state index is -0.502. The molecule has 17 heavy (non-hydrogen) atoms. The molecule has 0 radical (unpaired) electrons. The lowest BCUT2D eigenvalue weighted by molar-refractivity contribution is 0.107. The molecule has 0 aliphatic carbocycles. The van der Waals surface area contributed by atoms with Crippen molar-refractivity contribution in [1.29, 1.82) is 0 Å². The summed E-state index contributed by atoms with van der Waals surface area (Å²) in [4.78, 5) is 0. The summed E-state index contributed by atoms with van der Waals surface area (Å²) in [6.45, 7) is 3.18. The number of benzene rings is 1. The molecular weight excluding hydrogens is 224 g/mol. The van der Waals surface area contributed by atoms with Crippen LogP contribution >= 0.6 is 0 Å². The highest BCUT2D eigenvalue weighted by atomic mass is 19.1. The zero-order valence-corrected chi connectivity index (χ0v) is 9.88. The lowest BCUT2D eigenvalue weighted by Crippen LogP contribution is -2.29. The molecule has 4 heteroatoms. The molecule has 2 nitrogen and oxygen atoms in total. The minimum absolute atomic E-state index is 0.102. The molecule has 94 valence electrons. The number of ether oxygens (including phenoxy) is 1. The summed E-state index contributed by atoms with van der Waals surface area (Å²) in [5.74, 6) is -1.00. The van der Waals surface area contributed by atoms with Crippen molar-refractivity contribution in [2.24, 2.45) is 0 Å². The third-order valence-electron chi connectivity index (χ3n) is 3.11. The zero-order chi connectivity index (χ0) is 12.3. The van der Waals surface area contributed by atoms with Crippen molar-refractivity contribution in [2.45, 2.75) is 31.9 Å². The normalized spacial score (nSPS) is 21.7. The molecule has 1 aliphatic rings. The molecule has 2 unspecified atom stereocenters. The summed E-state index contributed by atoms with van der Waals surface area (Å²) in [6.07, 6.45) is 2.25. The Morgan fingerprint density at radius 3 is 2.71 bits per heavy atom. The molecule has 0 saturated carbocycles. The molecule has 2 atom stereocenters. The van der Waals surface area contributed by atoms with Crippen LogP contribution in [0.15, 0.2) is 18.2 Å². The molecule has 0 amide bonds. The Kier molecular flexibility index (Phi) is 4.07. The Morgan fingerprint density at radius 2 is 2.12 bits per heavy atom. The van der Waals surface area contributed by atoms with E-state index in [9.17, 15) is 8.78 Å². The molecule has 0 aromatic heterocycles. The van der Waals surface area contributed by atoms with Gasteiger partial charge in [-0.15, -0.1) is 0 Å². The van der Waals surface area contributed by atoms with Crippen LogP contribution in [0.3, 0.4) is 0 Å². The summed E-state index contributed by atoms with van der Waals surface area (Å²) in [5.41, 5.74) is 0.102. The van der Waals surface area contributed by atoms with Gasteiger partial charge in [0, 0.05) is 24.8 Å². The van der Waals surface area contributed by atoms with E-state index in [-0.39, 0.29) is 17.7 Å². The number of rotatable bonds is 4. The van der Waals surface area contributed by atoms with Gasteiger partial charge in [0.25, 0.3) is 0 Å². The topological polar surface area (TPSA) is 21.3 Å². The van der Waals surface area contributed by atoms with Gasteiger partial charge < -0.3 is 10.1 Å². The van der Waals surface area contributed by atoms with Crippen molar-refractivity contribution >= 4 is 0 Å². The minimum Gasteiger partial charge on any atom is -0.377 e. The standard InChI is InChI=1S/C13H17F2NO/c1-9(16-8-10-4-3-7-17-10)13-11(14)5-2-6-12(13)15/h2,5-6,9-10,16H,3-4,7-8H2,1H3. The Morgan fingerprint density at radius 1 is 1.41 bits per heavy atom. The smallest absolute Gasteiger partial charge is 0.130 e. The van der Waals surface area contributed by atoms with Gasteiger partial charge in [-0.3, -0.25) is 0 Å². The summed E-state index contributed by atoms with van der Waals surface area (Å²) in [7, 11) is 0. The van der Waals surface area contributed by atoms with Crippen LogP contribution in [0.5, 0.6) is 0 Å². The van der Waals surface area contributed by atoms with Crippen LogP contribution in [0.25, 0.3) is 0 Å². The predicted molar refractivity (Wildman–Crippen MR) is 61.7 cm³/mol. The van der Waals surface area contributed by atoms with Crippen LogP contribution in [-0.2, 0) is 4.74 Å². The van der Waals surface area contributed by atoms with Gasteiger partial charge in [0.05, 0.1) is 6.10 Å². The molecule has 1 saturated heterocycles. The van der Waals surface area contributed by atoms with Crippen molar-refractivity contribution in [3.05, 3.63) is 35.4 Å². The van der Waals surface area contributed by atoms with Gasteiger partial charge in [-0.05, 0) is 31.9 Å². The molecule has 1 N–H and O–H groups in total. The van der Waals surface area contributed by atoms with Crippen LogP contribution in [0.1, 0.15) is 31.4 Å². The lowest BCUT2D eigenvalue weighted by atomic mass is 10.1. The molecule has 1 aromatic carbocycles. The van der Waals surface area contributed by atoms with E-state index in [1.165, 1.54) is 18.2 Å². The first kappa shape index (κ1) is 12.5.